The molecular formula is C32H27ClN6O8. The highest BCUT2D eigenvalue weighted by Crippen LogP contribution is 2.38. The molecule has 0 atom stereocenters. The van der Waals surface area contributed by atoms with Crippen LogP contribution in [0.2, 0.25) is 5.02 Å². The first-order valence-electron chi connectivity index (χ1n) is 13.6. The third-order valence-corrected chi connectivity index (χ3v) is 6.80. The second-order valence-electron chi connectivity index (χ2n) is 9.86. The van der Waals surface area contributed by atoms with Crippen LogP contribution in [-0.2, 0) is 4.79 Å². The number of methoxy groups -OCH3 is 1. The molecule has 47 heavy (non-hydrogen) atoms. The molecule has 240 valence electrons. The summed E-state index contributed by atoms with van der Waals surface area (Å²) in [5.41, 5.74) is 3.41. The Bertz CT molecular complexity index is 1890. The number of hydrogen-bond acceptors (Lipinski definition) is 10. The highest BCUT2D eigenvalue weighted by Gasteiger charge is 2.22. The average molecular weight is 659 g/mol. The minimum Gasteiger partial charge on any atom is -0.493 e. The van der Waals surface area contributed by atoms with Gasteiger partial charge in [0.05, 0.1) is 39.8 Å². The maximum Gasteiger partial charge on any atom is 0.318 e. The number of carbonyl (C=O) groups excluding carboxylic acids is 2. The van der Waals surface area contributed by atoms with E-state index in [0.29, 0.717) is 11.1 Å². The van der Waals surface area contributed by atoms with Gasteiger partial charge in [-0.15, -0.1) is 0 Å². The first-order chi connectivity index (χ1) is 22.5. The minimum atomic E-state index is -0.795. The lowest BCUT2D eigenvalue weighted by atomic mass is 10.1. The predicted octanol–water partition coefficient (Wildman–Crippen LogP) is 5.94. The van der Waals surface area contributed by atoms with Crippen LogP contribution in [-0.4, -0.2) is 49.1 Å². The Morgan fingerprint density at radius 3 is 2.19 bits per heavy atom. The number of rotatable bonds is 12. The van der Waals surface area contributed by atoms with Gasteiger partial charge in [0.1, 0.15) is 5.70 Å². The lowest BCUT2D eigenvalue weighted by Gasteiger charge is -2.13. The fourth-order valence-electron chi connectivity index (χ4n) is 4.07. The topological polar surface area (TPSA) is 179 Å². The number of anilines is 1. The molecule has 15 heteroatoms. The largest absolute Gasteiger partial charge is 0.493 e. The summed E-state index contributed by atoms with van der Waals surface area (Å²) in [7, 11) is 5.14. The molecule has 0 radical (unpaired) electrons. The summed E-state index contributed by atoms with van der Waals surface area (Å²) in [5, 5.41) is 29.3. The molecule has 0 heterocycles. The Morgan fingerprint density at radius 2 is 1.55 bits per heavy atom. The van der Waals surface area contributed by atoms with Crippen LogP contribution in [0.5, 0.6) is 17.2 Å². The second-order valence-corrected chi connectivity index (χ2v) is 10.3. The van der Waals surface area contributed by atoms with Crippen molar-refractivity contribution >= 4 is 52.8 Å². The summed E-state index contributed by atoms with van der Waals surface area (Å²) in [5.74, 6) is -1.32. The van der Waals surface area contributed by atoms with E-state index in [1.54, 1.807) is 30.3 Å². The summed E-state index contributed by atoms with van der Waals surface area (Å²) in [4.78, 5) is 49.1. The van der Waals surface area contributed by atoms with E-state index in [-0.39, 0.29) is 33.5 Å². The van der Waals surface area contributed by atoms with Gasteiger partial charge in [0, 0.05) is 25.8 Å². The van der Waals surface area contributed by atoms with Crippen molar-refractivity contribution in [3.05, 3.63) is 133 Å². The lowest BCUT2D eigenvalue weighted by molar-refractivity contribution is -0.394. The number of nitrogens with zero attached hydrogens (tertiary/aromatic N) is 4. The van der Waals surface area contributed by atoms with E-state index in [1.807, 2.05) is 31.1 Å². The van der Waals surface area contributed by atoms with Crippen molar-refractivity contribution in [1.29, 1.82) is 0 Å². The van der Waals surface area contributed by atoms with Gasteiger partial charge < -0.3 is 19.7 Å². The molecule has 2 N–H and O–H groups in total. The van der Waals surface area contributed by atoms with Gasteiger partial charge >= 0.3 is 5.69 Å². The molecule has 0 aliphatic carbocycles. The number of carbonyl (C=O) groups is 2. The molecule has 0 saturated heterocycles. The molecule has 0 saturated carbocycles. The van der Waals surface area contributed by atoms with Crippen LogP contribution in [0.3, 0.4) is 0 Å². The summed E-state index contributed by atoms with van der Waals surface area (Å²) < 4.78 is 11.0. The average Bonchev–Trinajstić information content (AvgIpc) is 3.05. The van der Waals surface area contributed by atoms with Gasteiger partial charge in [-0.25, -0.2) is 5.43 Å². The number of hydrogen-bond donors (Lipinski definition) is 2. The van der Waals surface area contributed by atoms with Crippen LogP contribution in [0.25, 0.3) is 6.08 Å². The quantitative estimate of drug-likeness (QED) is 0.0806. The molecule has 4 rings (SSSR count). The van der Waals surface area contributed by atoms with E-state index in [9.17, 15) is 29.8 Å². The van der Waals surface area contributed by atoms with Crippen LogP contribution < -0.4 is 25.1 Å². The van der Waals surface area contributed by atoms with Crippen molar-refractivity contribution in [2.24, 2.45) is 5.10 Å². The van der Waals surface area contributed by atoms with E-state index in [4.69, 9.17) is 21.1 Å². The SMILES string of the molecule is COc1cc(/C=N\NC(=O)/C(=C\c2ccc(N(C)C)cc2)NC(=O)c2ccccc2Cl)ccc1Oc1ccc([N+](=O)[O-])cc1[N+](=O)[O-]. The monoisotopic (exact) mass is 658 g/mol. The number of nitro groups is 2. The Labute approximate surface area is 273 Å². The van der Waals surface area contributed by atoms with E-state index in [0.717, 1.165) is 23.9 Å². The molecule has 4 aromatic carbocycles. The number of non-ortho nitro benzene ring substituents is 1. The molecule has 0 fully saturated rings. The first kappa shape index (κ1) is 33.6. The van der Waals surface area contributed by atoms with Gasteiger partial charge in [-0.2, -0.15) is 5.10 Å². The van der Waals surface area contributed by atoms with Crippen LogP contribution in [0, 0.1) is 20.2 Å². The van der Waals surface area contributed by atoms with Crippen LogP contribution in [0.4, 0.5) is 17.1 Å². The highest BCUT2D eigenvalue weighted by atomic mass is 35.5. The van der Waals surface area contributed by atoms with Gasteiger partial charge in [-0.05, 0) is 65.7 Å². The number of halogens is 1. The summed E-state index contributed by atoms with van der Waals surface area (Å²) in [6.07, 6.45) is 2.80. The zero-order valence-corrected chi connectivity index (χ0v) is 25.9. The Kier molecular flexibility index (Phi) is 10.8. The molecule has 4 aromatic rings. The minimum absolute atomic E-state index is 0.0819. The van der Waals surface area contributed by atoms with Crippen molar-refractivity contribution in [3.8, 4) is 17.2 Å². The van der Waals surface area contributed by atoms with Gasteiger partial charge in [0.15, 0.2) is 11.5 Å². The third-order valence-electron chi connectivity index (χ3n) is 6.47. The zero-order valence-electron chi connectivity index (χ0n) is 25.2. The number of benzene rings is 4. The van der Waals surface area contributed by atoms with Crippen molar-refractivity contribution in [2.45, 2.75) is 0 Å². The molecule has 2 amide bonds. The van der Waals surface area contributed by atoms with E-state index >= 15 is 0 Å². The highest BCUT2D eigenvalue weighted by molar-refractivity contribution is 6.34. The molecule has 0 aliphatic heterocycles. The molecule has 0 unspecified atom stereocenters. The second kappa shape index (κ2) is 15.1. The number of ether oxygens (including phenoxy) is 2. The van der Waals surface area contributed by atoms with E-state index in [1.165, 1.54) is 43.7 Å². The maximum atomic E-state index is 13.2. The zero-order chi connectivity index (χ0) is 34.1. The summed E-state index contributed by atoms with van der Waals surface area (Å²) in [6.45, 7) is 0. The van der Waals surface area contributed by atoms with Gasteiger partial charge in [-0.3, -0.25) is 29.8 Å². The summed E-state index contributed by atoms with van der Waals surface area (Å²) >= 11 is 6.18. The maximum absolute atomic E-state index is 13.2. The summed E-state index contributed by atoms with van der Waals surface area (Å²) in [6, 6.07) is 21.2. The van der Waals surface area contributed by atoms with E-state index in [2.05, 4.69) is 15.8 Å². The fourth-order valence-corrected chi connectivity index (χ4v) is 4.29. The van der Waals surface area contributed by atoms with Crippen LogP contribution in [0.15, 0.2) is 95.7 Å². The Balaban J connectivity index is 1.54. The molecule has 0 aromatic heterocycles. The number of nitrogens with one attached hydrogen (secondary N) is 2. The third kappa shape index (κ3) is 8.67. The van der Waals surface area contributed by atoms with Crippen LogP contribution in [0.1, 0.15) is 21.5 Å². The number of amides is 2. The predicted molar refractivity (Wildman–Crippen MR) is 176 cm³/mol. The van der Waals surface area contributed by atoms with Crippen molar-refractivity contribution in [3.63, 3.8) is 0 Å². The van der Waals surface area contributed by atoms with E-state index < -0.39 is 33.0 Å². The smallest absolute Gasteiger partial charge is 0.318 e. The van der Waals surface area contributed by atoms with Crippen LogP contribution >= 0.6 is 11.6 Å². The standard InChI is InChI=1S/C32H27ClN6O8/c1-37(2)22-11-8-20(9-12-22)16-26(35-31(40)24-6-4-5-7-25(24)33)32(41)36-34-19-21-10-14-29(30(17-21)46-3)47-28-15-13-23(38(42)43)18-27(28)39(44)45/h4-19H,1-3H3,(H,35,40)(H,36,41)/b26-16+,34-19-. The van der Waals surface area contributed by atoms with Crippen molar-refractivity contribution < 1.29 is 28.9 Å². The normalized spacial score (nSPS) is 11.1. The molecule has 0 bridgehead atoms. The number of hydrazone groups is 1. The van der Waals surface area contributed by atoms with Crippen molar-refractivity contribution in [1.82, 2.24) is 10.7 Å². The Hall–Kier alpha value is -6.28. The van der Waals surface area contributed by atoms with Crippen molar-refractivity contribution in [2.75, 3.05) is 26.1 Å². The van der Waals surface area contributed by atoms with Gasteiger partial charge in [-0.1, -0.05) is 35.9 Å². The molecular weight excluding hydrogens is 632 g/mol. The molecule has 0 spiro atoms. The first-order valence-corrected chi connectivity index (χ1v) is 14.0. The lowest BCUT2D eigenvalue weighted by Crippen LogP contribution is -2.33. The molecule has 14 nitrogen and oxygen atoms in total. The number of nitro benzene ring substituents is 2. The van der Waals surface area contributed by atoms with Gasteiger partial charge in [0.25, 0.3) is 17.5 Å². The van der Waals surface area contributed by atoms with Gasteiger partial charge in [0.2, 0.25) is 5.75 Å². The Morgan fingerprint density at radius 1 is 0.872 bits per heavy atom. The molecule has 0 aliphatic rings. The fraction of sp³-hybridized carbons (Fsp3) is 0.0938.